The van der Waals surface area contributed by atoms with Gasteiger partial charge in [-0.3, -0.25) is 0 Å². The Morgan fingerprint density at radius 2 is 1.38 bits per heavy atom. The fourth-order valence-corrected chi connectivity index (χ4v) is 0.102. The predicted molar refractivity (Wildman–Crippen MR) is 32.6 cm³/mol. The molecular formula is C6H13OW-3. The van der Waals surface area contributed by atoms with Crippen LogP contribution < -0.4 is 0 Å². The van der Waals surface area contributed by atoms with Gasteiger partial charge < -0.3 is 25.5 Å². The zero-order valence-electron chi connectivity index (χ0n) is 5.35. The third-order valence-corrected chi connectivity index (χ3v) is 0.289. The van der Waals surface area contributed by atoms with Crippen molar-refractivity contribution < 1.29 is 25.8 Å². The molecule has 8 heavy (non-hydrogen) atoms. The minimum Gasteiger partial charge on any atom is -0.445 e. The number of rotatable bonds is 2. The van der Waals surface area contributed by atoms with Gasteiger partial charge >= 0.3 is 0 Å². The fraction of sp³-hybridized carbons (Fsp3) is 0.500. The molecule has 0 aliphatic heterocycles. The second-order valence-electron chi connectivity index (χ2n) is 0.612. The Morgan fingerprint density at radius 1 is 1.12 bits per heavy atom. The van der Waals surface area contributed by atoms with Crippen molar-refractivity contribution >= 4 is 0 Å². The van der Waals surface area contributed by atoms with E-state index in [-0.39, 0.29) is 21.1 Å². The molecule has 0 aromatic rings. The van der Waals surface area contributed by atoms with Crippen LogP contribution >= 0.6 is 0 Å². The summed E-state index contributed by atoms with van der Waals surface area (Å²) in [4.78, 5) is 0. The van der Waals surface area contributed by atoms with E-state index in [4.69, 9.17) is 0 Å². The Labute approximate surface area is 67.1 Å². The van der Waals surface area contributed by atoms with Crippen LogP contribution in [-0.4, -0.2) is 13.2 Å². The smallest absolute Gasteiger partial charge is 0 e. The molecular weight excluding hydrogens is 272 g/mol. The molecule has 0 atom stereocenters. The van der Waals surface area contributed by atoms with Crippen molar-refractivity contribution in [1.29, 1.82) is 0 Å². The maximum Gasteiger partial charge on any atom is 0 e. The summed E-state index contributed by atoms with van der Waals surface area (Å²) in [5, 5.41) is 0. The van der Waals surface area contributed by atoms with Gasteiger partial charge in [-0.05, 0) is 0 Å². The van der Waals surface area contributed by atoms with Crippen molar-refractivity contribution in [3.8, 4) is 0 Å². The van der Waals surface area contributed by atoms with Gasteiger partial charge in [-0.1, -0.05) is 13.2 Å². The summed E-state index contributed by atoms with van der Waals surface area (Å²) in [6, 6.07) is 0. The summed E-state index contributed by atoms with van der Waals surface area (Å²) in [5.41, 5.74) is 0. The first-order valence-electron chi connectivity index (χ1n) is 2.28. The first-order chi connectivity index (χ1) is 3.41. The van der Waals surface area contributed by atoms with E-state index in [2.05, 4.69) is 25.5 Å². The molecule has 2 heteroatoms. The molecule has 1 nitrogen and oxygen atoms in total. The topological polar surface area (TPSA) is 9.23 Å². The number of hydrogen-bond donors (Lipinski definition) is 0. The van der Waals surface area contributed by atoms with Gasteiger partial charge in [0.25, 0.3) is 0 Å². The molecule has 0 aliphatic carbocycles. The summed E-state index contributed by atoms with van der Waals surface area (Å²) >= 11 is 0. The van der Waals surface area contributed by atoms with E-state index in [1.54, 1.807) is 6.92 Å². The first-order valence-corrected chi connectivity index (χ1v) is 2.28. The maximum atomic E-state index is 4.61. The largest absolute Gasteiger partial charge is 0.445 e. The second-order valence-corrected chi connectivity index (χ2v) is 0.612. The van der Waals surface area contributed by atoms with Gasteiger partial charge in [0.05, 0.1) is 0 Å². The SMILES string of the molecule is [CH2-]C.[CH2-]COC[CH2-].[W]. The van der Waals surface area contributed by atoms with Crippen LogP contribution in [0.3, 0.4) is 0 Å². The average molecular weight is 285 g/mol. The van der Waals surface area contributed by atoms with Crippen LogP contribution in [0, 0.1) is 20.8 Å². The van der Waals surface area contributed by atoms with Crippen molar-refractivity contribution in [1.82, 2.24) is 0 Å². The van der Waals surface area contributed by atoms with Crippen molar-refractivity contribution in [2.24, 2.45) is 0 Å². The summed E-state index contributed by atoms with van der Waals surface area (Å²) < 4.78 is 4.61. The molecule has 0 fully saturated rings. The van der Waals surface area contributed by atoms with Crippen molar-refractivity contribution in [2.45, 2.75) is 6.92 Å². The monoisotopic (exact) mass is 285 g/mol. The normalized spacial score (nSPS) is 6.00. The van der Waals surface area contributed by atoms with E-state index in [0.29, 0.717) is 13.2 Å². The Hall–Kier alpha value is 0.648. The van der Waals surface area contributed by atoms with E-state index >= 15 is 0 Å². The van der Waals surface area contributed by atoms with Gasteiger partial charge in [0.15, 0.2) is 0 Å². The van der Waals surface area contributed by atoms with Crippen LogP contribution in [0.5, 0.6) is 0 Å². The standard InChI is InChI=1S/C4H8O.C2H5.W/c1-3-5-4-2;1-2;/h1-4H2;1H2,2H3;/q-2;-1;. The van der Waals surface area contributed by atoms with Gasteiger partial charge in [0.2, 0.25) is 0 Å². The molecule has 0 spiro atoms. The minimum absolute atomic E-state index is 0. The van der Waals surface area contributed by atoms with Gasteiger partial charge in [-0.15, -0.1) is 0 Å². The van der Waals surface area contributed by atoms with E-state index in [0.717, 1.165) is 0 Å². The van der Waals surface area contributed by atoms with Gasteiger partial charge in [-0.2, -0.15) is 6.92 Å². The van der Waals surface area contributed by atoms with Crippen LogP contribution in [0.25, 0.3) is 0 Å². The van der Waals surface area contributed by atoms with Crippen LogP contribution in [-0.2, 0) is 25.8 Å². The van der Waals surface area contributed by atoms with E-state index < -0.39 is 0 Å². The fourth-order valence-electron chi connectivity index (χ4n) is 0.102. The minimum atomic E-state index is 0. The zero-order valence-corrected chi connectivity index (χ0v) is 8.29. The summed E-state index contributed by atoms with van der Waals surface area (Å²) in [6.07, 6.45) is 0. The summed E-state index contributed by atoms with van der Waals surface area (Å²) in [7, 11) is 0. The molecule has 52 valence electrons. The zero-order chi connectivity index (χ0) is 6.12. The number of ether oxygens (including phenoxy) is 1. The third-order valence-electron chi connectivity index (χ3n) is 0.289. The molecule has 0 radical (unpaired) electrons. The van der Waals surface area contributed by atoms with Crippen molar-refractivity contribution in [3.05, 3.63) is 20.8 Å². The third kappa shape index (κ3) is 30.2. The van der Waals surface area contributed by atoms with Crippen molar-refractivity contribution in [3.63, 3.8) is 0 Å². The average Bonchev–Trinajstić information content (AvgIpc) is 1.75. The summed E-state index contributed by atoms with van der Waals surface area (Å²) in [5.74, 6) is 0. The number of hydrogen-bond acceptors (Lipinski definition) is 1. The Morgan fingerprint density at radius 3 is 1.38 bits per heavy atom. The van der Waals surface area contributed by atoms with Crippen molar-refractivity contribution in [2.75, 3.05) is 13.2 Å². The van der Waals surface area contributed by atoms with Crippen LogP contribution in [0.2, 0.25) is 0 Å². The molecule has 0 bridgehead atoms. The molecule has 0 heterocycles. The molecule has 0 aliphatic rings. The molecule has 0 saturated heterocycles. The first kappa shape index (κ1) is 15.9. The van der Waals surface area contributed by atoms with Crippen LogP contribution in [0.4, 0.5) is 0 Å². The molecule has 0 aromatic heterocycles. The van der Waals surface area contributed by atoms with Gasteiger partial charge in [0.1, 0.15) is 0 Å². The molecule has 0 N–H and O–H groups in total. The maximum absolute atomic E-state index is 4.61. The molecule has 0 rings (SSSR count). The summed E-state index contributed by atoms with van der Waals surface area (Å²) in [6.45, 7) is 12.9. The Kier molecular flexibility index (Phi) is 50.3. The van der Waals surface area contributed by atoms with Crippen LogP contribution in [0.1, 0.15) is 6.92 Å². The molecule has 0 unspecified atom stereocenters. The Balaban J connectivity index is -0.0000000750. The predicted octanol–water partition coefficient (Wildman–Crippen LogP) is 1.51. The van der Waals surface area contributed by atoms with Crippen LogP contribution in [0.15, 0.2) is 0 Å². The van der Waals surface area contributed by atoms with Gasteiger partial charge in [0, 0.05) is 21.1 Å². The molecule has 0 aromatic carbocycles. The van der Waals surface area contributed by atoms with E-state index in [9.17, 15) is 0 Å². The quantitative estimate of drug-likeness (QED) is 0.699. The van der Waals surface area contributed by atoms with E-state index in [1.807, 2.05) is 0 Å². The van der Waals surface area contributed by atoms with E-state index in [1.165, 1.54) is 0 Å². The second kappa shape index (κ2) is 25.4. The molecule has 0 saturated carbocycles. The van der Waals surface area contributed by atoms with Gasteiger partial charge in [-0.25, -0.2) is 0 Å². The Bertz CT molecular complexity index is 16.0. The molecule has 0 amide bonds.